The molecule has 3 saturated heterocycles. The number of likely N-dealkylation sites (N-methyl/N-ethyl adjacent to an activating group) is 3. The smallest absolute Gasteiger partial charge is 0.246 e. The lowest BCUT2D eigenvalue weighted by molar-refractivity contribution is -0.149. The summed E-state index contributed by atoms with van der Waals surface area (Å²) in [4.78, 5) is 261. The Labute approximate surface area is 761 Å². The number of thioether (sulfide) groups is 1. The van der Waals surface area contributed by atoms with Crippen LogP contribution in [-0.4, -0.2) is 289 Å². The molecule has 708 valence electrons. The van der Waals surface area contributed by atoms with Gasteiger partial charge in [-0.2, -0.15) is 0 Å². The number of nitrogens with two attached hydrogens (primary N) is 1. The second-order valence-electron chi connectivity index (χ2n) is 34.7. The fourth-order valence-electron chi connectivity index (χ4n) is 16.5. The van der Waals surface area contributed by atoms with Crippen LogP contribution in [0.25, 0.3) is 21.8 Å². The normalized spacial score (nSPS) is 24.8. The number of carbonyl (C=O) groups excluding carboxylic acids is 17. The third-order valence-electron chi connectivity index (χ3n) is 23.8. The van der Waals surface area contributed by atoms with Crippen molar-refractivity contribution in [3.05, 3.63) is 115 Å². The average Bonchev–Trinajstić information content (AvgIpc) is 1.57. The number of primary amides is 1. The van der Waals surface area contributed by atoms with Gasteiger partial charge in [0.2, 0.25) is 94.5 Å². The molecule has 1 unspecified atom stereocenters. The SMILES string of the molecule is C=CCNC(=O)CNC(=O)[C@@H]1CSCC(=O)N[C@@H](Cc2ccc(O)cc2)C(=O)N(C)[C@@H](C)C(=O)N[C@@H](CC(N)=O)C(=O)N2CCC[C@H]2C(=O)N[C@@H](CC)C(=O)N[C@@H](CC(C)C)C(=O)N2C[C@H](O)C[C@H]2C(=O)C[C@@H](Cc2c[nH]c3ccccc23)C(=O)NCC(=O)NC(Cc2c[nH]c3ccccc23)C(=O)N(C)[C@@H](CCCC)C(=O)N(C)[C@@H](CCCC)C(=O)N[C@@H](CC(C)C)C(=O)N1. The summed E-state index contributed by atoms with van der Waals surface area (Å²) in [6.45, 7) is 15.7. The van der Waals surface area contributed by atoms with Crippen LogP contribution in [0.2, 0.25) is 0 Å². The van der Waals surface area contributed by atoms with Gasteiger partial charge in [-0.25, -0.2) is 0 Å². The first kappa shape index (κ1) is 103. The van der Waals surface area contributed by atoms with Crippen LogP contribution in [0.5, 0.6) is 5.75 Å². The van der Waals surface area contributed by atoms with Crippen LogP contribution in [0.3, 0.4) is 0 Å². The third kappa shape index (κ3) is 28.9. The fourth-order valence-corrected chi connectivity index (χ4v) is 17.4. The maximum atomic E-state index is 15.6. The number of nitrogens with one attached hydrogen (secondary N) is 12. The van der Waals surface area contributed by atoms with Gasteiger partial charge in [-0.3, -0.25) is 81.5 Å². The number of hydrogen-bond donors (Lipinski definition) is 15. The van der Waals surface area contributed by atoms with E-state index in [9.17, 15) is 63.0 Å². The molecule has 37 nitrogen and oxygen atoms in total. The van der Waals surface area contributed by atoms with Crippen molar-refractivity contribution in [2.45, 2.75) is 243 Å². The number of fused-ring (bicyclic) bond motifs is 4. The molecule has 0 spiro atoms. The molecule has 3 aliphatic rings. The summed E-state index contributed by atoms with van der Waals surface area (Å²) < 4.78 is 0. The Balaban J connectivity index is 1.17. The van der Waals surface area contributed by atoms with E-state index in [1.165, 1.54) is 73.1 Å². The Kier molecular flexibility index (Phi) is 39.3. The highest BCUT2D eigenvalue weighted by Gasteiger charge is 2.46. The van der Waals surface area contributed by atoms with E-state index < -0.39 is 217 Å². The maximum absolute atomic E-state index is 15.6. The molecule has 14 atom stereocenters. The van der Waals surface area contributed by atoms with Gasteiger partial charge >= 0.3 is 0 Å². The number of unbranched alkanes of at least 4 members (excludes halogenated alkanes) is 2. The molecule has 38 heteroatoms. The summed E-state index contributed by atoms with van der Waals surface area (Å²) in [5.74, 6) is -16.6. The number of rotatable bonds is 24. The highest BCUT2D eigenvalue weighted by molar-refractivity contribution is 8.00. The molecule has 130 heavy (non-hydrogen) atoms. The molecule has 5 heterocycles. The van der Waals surface area contributed by atoms with E-state index in [-0.39, 0.29) is 114 Å². The summed E-state index contributed by atoms with van der Waals surface area (Å²) >= 11 is 0.828. The van der Waals surface area contributed by atoms with Gasteiger partial charge < -0.3 is 104 Å². The zero-order valence-corrected chi connectivity index (χ0v) is 76.9. The molecule has 0 radical (unpaired) electrons. The molecule has 0 bridgehead atoms. The van der Waals surface area contributed by atoms with E-state index in [4.69, 9.17) is 5.73 Å². The van der Waals surface area contributed by atoms with Crippen LogP contribution in [0.1, 0.15) is 162 Å². The molecule has 5 aromatic rings. The van der Waals surface area contributed by atoms with Crippen LogP contribution >= 0.6 is 11.8 Å². The van der Waals surface area contributed by atoms with Crippen LogP contribution in [0, 0.1) is 17.8 Å². The van der Waals surface area contributed by atoms with Gasteiger partial charge in [0.25, 0.3) is 0 Å². The molecule has 8 rings (SSSR count). The summed E-state index contributed by atoms with van der Waals surface area (Å²) in [5.41, 5.74) is 8.77. The van der Waals surface area contributed by atoms with Gasteiger partial charge in [0.1, 0.15) is 72.2 Å². The molecule has 16 N–H and O–H groups in total. The van der Waals surface area contributed by atoms with Crippen LogP contribution in [-0.2, 0) is 101 Å². The molecule has 0 aliphatic carbocycles. The highest BCUT2D eigenvalue weighted by atomic mass is 32.2. The average molecular weight is 1820 g/mol. The van der Waals surface area contributed by atoms with Crippen molar-refractivity contribution in [2.75, 3.05) is 65.4 Å². The second-order valence-corrected chi connectivity index (χ2v) is 35.7. The third-order valence-corrected chi connectivity index (χ3v) is 24.9. The summed E-state index contributed by atoms with van der Waals surface area (Å²) in [5, 5.41) is 49.9. The molecule has 16 amide bonds. The quantitative estimate of drug-likeness (QED) is 0.0392. The van der Waals surface area contributed by atoms with Gasteiger partial charge in [0, 0.05) is 112 Å². The first-order valence-corrected chi connectivity index (χ1v) is 45.9. The van der Waals surface area contributed by atoms with Crippen molar-refractivity contribution in [2.24, 2.45) is 23.5 Å². The lowest BCUT2D eigenvalue weighted by Crippen LogP contribution is -2.60. The Morgan fingerprint density at radius 1 is 0.585 bits per heavy atom. The van der Waals surface area contributed by atoms with E-state index in [1.807, 2.05) is 50.2 Å². The summed E-state index contributed by atoms with van der Waals surface area (Å²) in [6, 6.07) is 3.26. The van der Waals surface area contributed by atoms with E-state index in [0.29, 0.717) is 58.8 Å². The first-order valence-electron chi connectivity index (χ1n) is 44.8. The number of H-pyrrole nitrogens is 2. The van der Waals surface area contributed by atoms with Crippen molar-refractivity contribution in [3.8, 4) is 5.75 Å². The molecular weight excluding hydrogens is 1690 g/mol. The number of para-hydroxylation sites is 2. The fraction of sp³-hybridized carbons (Fsp3) is 0.554. The maximum Gasteiger partial charge on any atom is 0.246 e. The zero-order valence-electron chi connectivity index (χ0n) is 76.1. The van der Waals surface area contributed by atoms with Crippen molar-refractivity contribution < 1.29 is 91.7 Å². The van der Waals surface area contributed by atoms with Crippen molar-refractivity contribution in [3.63, 3.8) is 0 Å². The van der Waals surface area contributed by atoms with E-state index >= 15 is 28.8 Å². The van der Waals surface area contributed by atoms with Crippen molar-refractivity contribution in [1.29, 1.82) is 0 Å². The topological polar surface area (TPSA) is 525 Å². The van der Waals surface area contributed by atoms with Crippen LogP contribution in [0.15, 0.2) is 97.8 Å². The lowest BCUT2D eigenvalue weighted by Gasteiger charge is -2.36. The number of Topliss-reactive ketones (excluding diaryl/α,β-unsaturated/α-hetero) is 1. The number of benzene rings is 3. The number of nitrogens with zero attached hydrogens (tertiary/aromatic N) is 5. The standard InChI is InChI=1S/C92H130N18O19S/c1-13-17-28-72-86(123)102-66(37-52(5)6)85(122)105-71(83(120)98-47-78(115)94-35-15-3)50-130-51-80(117)100-68(39-55-31-33-59(111)34-32-55)88(125)106(10)54(9)81(118)103-70(44-77(93)114)90(127)109-36-23-30-73(109)87(124)101-63(16-4)84(121)104-67(38-53(7)8)91(128)110-49-60(112)43-75(110)76(113)42-56(40-57-45-95-64-26-21-19-24-61(57)64)82(119)97-48-79(116)99-69(41-58-46-96-65-27-22-20-25-62(58)65)89(126)108(12)74(29-18-14-2)92(129)107(72)11/h15,19-22,24-27,31-34,45-46,52-54,56,60,63,66-75,95-96,111-112H,3,13-14,16-18,23,28-30,35-44,47-51H2,1-2,4-12H3,(H2,93,114)(H,94,115)(H,97,119)(H,98,120)(H,99,116)(H,100,117)(H,101,124)(H,102,123)(H,103,118)(H,104,121)(H,105,122)/t54-,56+,60+,63-,66-,67-,68-,69?,70-,71-,72-,73-,74-,75-/m0/s1. The molecular formula is C92H130N18O19S. The van der Waals surface area contributed by atoms with Crippen molar-refractivity contribution >= 4 is 134 Å². The van der Waals surface area contributed by atoms with Crippen LogP contribution < -0.4 is 58.9 Å². The predicted octanol–water partition coefficient (Wildman–Crippen LogP) is 1.84. The minimum absolute atomic E-state index is 0.000808. The van der Waals surface area contributed by atoms with Crippen molar-refractivity contribution in [1.82, 2.24) is 87.6 Å². The number of phenols is 1. The number of aromatic nitrogens is 2. The molecule has 2 aromatic heterocycles. The predicted molar refractivity (Wildman–Crippen MR) is 487 cm³/mol. The highest BCUT2D eigenvalue weighted by Crippen LogP contribution is 2.30. The summed E-state index contributed by atoms with van der Waals surface area (Å²) in [7, 11) is 4.07. The lowest BCUT2D eigenvalue weighted by atomic mass is 9.90. The van der Waals surface area contributed by atoms with Crippen LogP contribution in [0.4, 0.5) is 0 Å². The molecule has 0 saturated carbocycles. The minimum Gasteiger partial charge on any atom is -0.508 e. The number of carbonyl (C=O) groups is 17. The van der Waals surface area contributed by atoms with Gasteiger partial charge in [0.05, 0.1) is 37.4 Å². The second kappa shape index (κ2) is 49.5. The van der Waals surface area contributed by atoms with Gasteiger partial charge in [-0.05, 0) is 111 Å². The summed E-state index contributed by atoms with van der Waals surface area (Å²) in [6.07, 6.45) is 3.74. The van der Waals surface area contributed by atoms with E-state index in [1.54, 1.807) is 59.1 Å². The Morgan fingerprint density at radius 2 is 1.14 bits per heavy atom. The number of aliphatic hydroxyl groups excluding tert-OH is 1. The largest absolute Gasteiger partial charge is 0.508 e. The molecule has 3 aromatic carbocycles. The zero-order chi connectivity index (χ0) is 95.3. The minimum atomic E-state index is -1.72. The Hall–Kier alpha value is -12.2. The monoisotopic (exact) mass is 1820 g/mol. The number of aromatic amines is 2. The van der Waals surface area contributed by atoms with Gasteiger partial charge in [0.15, 0.2) is 5.78 Å². The number of ketones is 1. The van der Waals surface area contributed by atoms with E-state index in [0.717, 1.165) is 26.9 Å². The number of phenolic OH excluding ortho intramolecular Hbond substituents is 1. The number of hydrogen-bond acceptors (Lipinski definition) is 20. The number of aliphatic hydroxyl groups is 1. The first-order chi connectivity index (χ1) is 61.9. The molecule has 3 fully saturated rings. The van der Waals surface area contributed by atoms with Gasteiger partial charge in [-0.1, -0.05) is 129 Å². The van der Waals surface area contributed by atoms with E-state index in [2.05, 4.69) is 69.7 Å². The Morgan fingerprint density at radius 3 is 1.75 bits per heavy atom. The Bertz CT molecular complexity index is 4860. The number of aromatic hydroxyl groups is 1. The number of amides is 16. The molecule has 3 aliphatic heterocycles. The van der Waals surface area contributed by atoms with Gasteiger partial charge in [-0.15, -0.1) is 18.3 Å².